The number of aromatic nitrogens is 2. The number of rotatable bonds is 3. The molecule has 0 aliphatic carbocycles. The summed E-state index contributed by atoms with van der Waals surface area (Å²) in [5.74, 6) is 1.60. The molecule has 0 bridgehead atoms. The Hall–Kier alpha value is -2.20. The smallest absolute Gasteiger partial charge is 0.127 e. The molecule has 0 saturated heterocycles. The molecular formula is C16H11BrN2O. The Balaban J connectivity index is 1.78. The Morgan fingerprint density at radius 1 is 0.800 bits per heavy atom. The largest absolute Gasteiger partial charge is 0.457 e. The van der Waals surface area contributed by atoms with Gasteiger partial charge in [0.25, 0.3) is 0 Å². The molecule has 0 unspecified atom stereocenters. The molecule has 3 rings (SSSR count). The second-order valence-electron chi connectivity index (χ2n) is 4.17. The lowest BCUT2D eigenvalue weighted by molar-refractivity contribution is 0.482. The van der Waals surface area contributed by atoms with E-state index in [0.717, 1.165) is 27.2 Å². The predicted molar refractivity (Wildman–Crippen MR) is 81.7 cm³/mol. The summed E-state index contributed by atoms with van der Waals surface area (Å²) in [5.41, 5.74) is 1.94. The third-order valence-corrected chi connectivity index (χ3v) is 3.31. The lowest BCUT2D eigenvalue weighted by Crippen LogP contribution is -1.86. The van der Waals surface area contributed by atoms with Crippen LogP contribution in [-0.4, -0.2) is 9.97 Å². The van der Waals surface area contributed by atoms with Gasteiger partial charge < -0.3 is 4.74 Å². The van der Waals surface area contributed by atoms with E-state index in [1.54, 1.807) is 12.5 Å². The van der Waals surface area contributed by atoms with E-state index in [4.69, 9.17) is 4.74 Å². The van der Waals surface area contributed by atoms with Crippen molar-refractivity contribution in [2.45, 2.75) is 0 Å². The number of nitrogens with zero attached hydrogens (tertiary/aromatic N) is 2. The molecule has 3 aromatic rings. The zero-order valence-electron chi connectivity index (χ0n) is 10.5. The van der Waals surface area contributed by atoms with Gasteiger partial charge in [-0.25, -0.2) is 9.97 Å². The van der Waals surface area contributed by atoms with Crippen molar-refractivity contribution in [3.63, 3.8) is 0 Å². The van der Waals surface area contributed by atoms with Crippen molar-refractivity contribution in [2.24, 2.45) is 0 Å². The lowest BCUT2D eigenvalue weighted by atomic mass is 10.1. The zero-order valence-corrected chi connectivity index (χ0v) is 12.1. The molecule has 0 saturated carbocycles. The Morgan fingerprint density at radius 3 is 2.05 bits per heavy atom. The Labute approximate surface area is 125 Å². The normalized spacial score (nSPS) is 10.2. The van der Waals surface area contributed by atoms with Crippen LogP contribution >= 0.6 is 15.9 Å². The minimum atomic E-state index is 0.796. The van der Waals surface area contributed by atoms with Crippen molar-refractivity contribution in [1.29, 1.82) is 0 Å². The van der Waals surface area contributed by atoms with E-state index >= 15 is 0 Å². The Morgan fingerprint density at radius 2 is 1.45 bits per heavy atom. The molecule has 0 spiro atoms. The average molecular weight is 327 g/mol. The van der Waals surface area contributed by atoms with Crippen LogP contribution in [0.1, 0.15) is 0 Å². The molecule has 20 heavy (non-hydrogen) atoms. The fourth-order valence-electron chi connectivity index (χ4n) is 1.79. The highest BCUT2D eigenvalue weighted by atomic mass is 79.9. The minimum absolute atomic E-state index is 0.796. The van der Waals surface area contributed by atoms with Gasteiger partial charge in [-0.3, -0.25) is 0 Å². The average Bonchev–Trinajstić information content (AvgIpc) is 2.51. The SMILES string of the molecule is Brc1ccc(Oc2ccc(-c3ccncn3)cc2)cc1. The van der Waals surface area contributed by atoms with Crippen molar-refractivity contribution in [1.82, 2.24) is 9.97 Å². The molecule has 0 fully saturated rings. The number of hydrogen-bond acceptors (Lipinski definition) is 3. The van der Waals surface area contributed by atoms with Crippen molar-refractivity contribution in [2.75, 3.05) is 0 Å². The van der Waals surface area contributed by atoms with Crippen molar-refractivity contribution >= 4 is 15.9 Å². The maximum absolute atomic E-state index is 5.77. The molecule has 1 heterocycles. The summed E-state index contributed by atoms with van der Waals surface area (Å²) >= 11 is 3.40. The summed E-state index contributed by atoms with van der Waals surface area (Å²) in [4.78, 5) is 8.13. The van der Waals surface area contributed by atoms with Crippen LogP contribution in [0.3, 0.4) is 0 Å². The van der Waals surface area contributed by atoms with Crippen molar-refractivity contribution < 1.29 is 4.74 Å². The van der Waals surface area contributed by atoms with Gasteiger partial charge in [0.2, 0.25) is 0 Å². The molecule has 98 valence electrons. The zero-order chi connectivity index (χ0) is 13.8. The topological polar surface area (TPSA) is 35.0 Å². The van der Waals surface area contributed by atoms with E-state index in [2.05, 4.69) is 25.9 Å². The van der Waals surface area contributed by atoms with Gasteiger partial charge in [-0.2, -0.15) is 0 Å². The van der Waals surface area contributed by atoms with Crippen molar-refractivity contribution in [3.8, 4) is 22.8 Å². The van der Waals surface area contributed by atoms with Gasteiger partial charge in [-0.1, -0.05) is 15.9 Å². The number of halogens is 1. The van der Waals surface area contributed by atoms with Gasteiger partial charge in [0.05, 0.1) is 5.69 Å². The molecule has 0 atom stereocenters. The summed E-state index contributed by atoms with van der Waals surface area (Å²) < 4.78 is 6.80. The first-order valence-electron chi connectivity index (χ1n) is 6.11. The summed E-state index contributed by atoms with van der Waals surface area (Å²) in [6.45, 7) is 0. The molecule has 1 aromatic heterocycles. The molecule has 0 aliphatic rings. The van der Waals surface area contributed by atoms with Gasteiger partial charge in [-0.15, -0.1) is 0 Å². The minimum Gasteiger partial charge on any atom is -0.457 e. The quantitative estimate of drug-likeness (QED) is 0.699. The fraction of sp³-hybridized carbons (Fsp3) is 0. The van der Waals surface area contributed by atoms with Gasteiger partial charge in [0.1, 0.15) is 17.8 Å². The molecule has 2 aromatic carbocycles. The summed E-state index contributed by atoms with van der Waals surface area (Å²) in [5, 5.41) is 0. The van der Waals surface area contributed by atoms with Gasteiger partial charge in [-0.05, 0) is 54.6 Å². The van der Waals surface area contributed by atoms with Crippen LogP contribution in [-0.2, 0) is 0 Å². The van der Waals surface area contributed by atoms with Gasteiger partial charge in [0.15, 0.2) is 0 Å². The Bertz CT molecular complexity index is 682. The van der Waals surface area contributed by atoms with Crippen LogP contribution in [0.2, 0.25) is 0 Å². The van der Waals surface area contributed by atoms with Gasteiger partial charge >= 0.3 is 0 Å². The van der Waals surface area contributed by atoms with Crippen LogP contribution in [0, 0.1) is 0 Å². The third-order valence-electron chi connectivity index (χ3n) is 2.78. The summed E-state index contributed by atoms with van der Waals surface area (Å²) in [6.07, 6.45) is 3.27. The van der Waals surface area contributed by atoms with Crippen LogP contribution in [0.25, 0.3) is 11.3 Å². The first-order chi connectivity index (χ1) is 9.81. The first-order valence-corrected chi connectivity index (χ1v) is 6.90. The van der Waals surface area contributed by atoms with E-state index in [-0.39, 0.29) is 0 Å². The van der Waals surface area contributed by atoms with Crippen LogP contribution in [0.4, 0.5) is 0 Å². The third kappa shape index (κ3) is 3.03. The molecule has 0 aliphatic heterocycles. The molecule has 0 N–H and O–H groups in total. The second kappa shape index (κ2) is 5.84. The van der Waals surface area contributed by atoms with Crippen LogP contribution in [0.15, 0.2) is 71.6 Å². The highest BCUT2D eigenvalue weighted by molar-refractivity contribution is 9.10. The molecule has 0 amide bonds. The van der Waals surface area contributed by atoms with E-state index in [9.17, 15) is 0 Å². The van der Waals surface area contributed by atoms with E-state index in [1.807, 2.05) is 54.6 Å². The number of benzene rings is 2. The molecular weight excluding hydrogens is 316 g/mol. The molecule has 0 radical (unpaired) electrons. The molecule has 3 nitrogen and oxygen atoms in total. The van der Waals surface area contributed by atoms with E-state index in [1.165, 1.54) is 0 Å². The van der Waals surface area contributed by atoms with Crippen molar-refractivity contribution in [3.05, 3.63) is 71.6 Å². The van der Waals surface area contributed by atoms with E-state index < -0.39 is 0 Å². The number of ether oxygens (including phenoxy) is 1. The monoisotopic (exact) mass is 326 g/mol. The standard InChI is InChI=1S/C16H11BrN2O/c17-13-3-7-15(8-4-13)20-14-5-1-12(2-6-14)16-9-10-18-11-19-16/h1-11H. The predicted octanol–water partition coefficient (Wildman–Crippen LogP) is 4.70. The maximum atomic E-state index is 5.77. The van der Waals surface area contributed by atoms with Crippen LogP contribution in [0.5, 0.6) is 11.5 Å². The summed E-state index contributed by atoms with van der Waals surface area (Å²) in [7, 11) is 0. The summed E-state index contributed by atoms with van der Waals surface area (Å²) in [6, 6.07) is 17.4. The molecule has 4 heteroatoms. The van der Waals surface area contributed by atoms with Crippen LogP contribution < -0.4 is 4.74 Å². The van der Waals surface area contributed by atoms with Gasteiger partial charge in [0, 0.05) is 16.2 Å². The Kier molecular flexibility index (Phi) is 3.74. The maximum Gasteiger partial charge on any atom is 0.127 e. The lowest BCUT2D eigenvalue weighted by Gasteiger charge is -2.06. The van der Waals surface area contributed by atoms with E-state index in [0.29, 0.717) is 0 Å². The first kappa shape index (κ1) is 12.8. The fourth-order valence-corrected chi connectivity index (χ4v) is 2.06. The highest BCUT2D eigenvalue weighted by Gasteiger charge is 2.00. The second-order valence-corrected chi connectivity index (χ2v) is 5.09. The number of hydrogen-bond donors (Lipinski definition) is 0. The highest BCUT2D eigenvalue weighted by Crippen LogP contribution is 2.25.